The van der Waals surface area contributed by atoms with Crippen molar-refractivity contribution in [1.29, 1.82) is 0 Å². The molecule has 0 aliphatic heterocycles. The Morgan fingerprint density at radius 1 is 1.53 bits per heavy atom. The van der Waals surface area contributed by atoms with E-state index < -0.39 is 0 Å². The first-order valence-electron chi connectivity index (χ1n) is 6.05. The van der Waals surface area contributed by atoms with Crippen LogP contribution in [0.4, 0.5) is 0 Å². The van der Waals surface area contributed by atoms with Crippen molar-refractivity contribution in [3.05, 3.63) is 16.4 Å². The number of methoxy groups -OCH3 is 1. The summed E-state index contributed by atoms with van der Waals surface area (Å²) in [5, 5.41) is 4.38. The van der Waals surface area contributed by atoms with Crippen LogP contribution in [0.5, 0.6) is 0 Å². The number of hydrogen-bond donors (Lipinski definition) is 1. The van der Waals surface area contributed by atoms with Gasteiger partial charge >= 0.3 is 0 Å². The number of nitrogens with two attached hydrogens (primary N) is 1. The molecule has 0 saturated heterocycles. The van der Waals surface area contributed by atoms with E-state index in [4.69, 9.17) is 10.5 Å². The lowest BCUT2D eigenvalue weighted by molar-refractivity contribution is -0.0930. The van der Waals surface area contributed by atoms with E-state index in [1.165, 1.54) is 6.42 Å². The fraction of sp³-hybridized carbons (Fsp3) is 0.750. The van der Waals surface area contributed by atoms with Gasteiger partial charge in [-0.3, -0.25) is 4.68 Å². The monoisotopic (exact) mass is 301 g/mol. The highest BCUT2D eigenvalue weighted by atomic mass is 79.9. The largest absolute Gasteiger partial charge is 0.376 e. The first kappa shape index (κ1) is 13.1. The molecule has 1 aromatic heterocycles. The SMILES string of the molecule is COC1(C(N)c2c(Br)cnn2C(C)C)CCC1. The Morgan fingerprint density at radius 2 is 2.18 bits per heavy atom. The molecule has 2 rings (SSSR count). The Balaban J connectivity index is 2.36. The Morgan fingerprint density at radius 3 is 2.59 bits per heavy atom. The van der Waals surface area contributed by atoms with E-state index in [0.717, 1.165) is 23.0 Å². The maximum Gasteiger partial charge on any atom is 0.0886 e. The Labute approximate surface area is 111 Å². The quantitative estimate of drug-likeness (QED) is 0.930. The number of aromatic nitrogens is 2. The molecule has 1 heterocycles. The lowest BCUT2D eigenvalue weighted by Crippen LogP contribution is -2.49. The van der Waals surface area contributed by atoms with E-state index in [0.29, 0.717) is 6.04 Å². The predicted molar refractivity (Wildman–Crippen MR) is 70.8 cm³/mol. The zero-order valence-corrected chi connectivity index (χ0v) is 12.2. The third-order valence-electron chi connectivity index (χ3n) is 3.74. The van der Waals surface area contributed by atoms with Crippen molar-refractivity contribution >= 4 is 15.9 Å². The van der Waals surface area contributed by atoms with Gasteiger partial charge in [-0.05, 0) is 49.0 Å². The summed E-state index contributed by atoms with van der Waals surface area (Å²) >= 11 is 3.54. The molecular formula is C12H20BrN3O. The average Bonchev–Trinajstić information content (AvgIpc) is 2.59. The molecule has 0 spiro atoms. The van der Waals surface area contributed by atoms with Gasteiger partial charge in [0.2, 0.25) is 0 Å². The summed E-state index contributed by atoms with van der Waals surface area (Å²) < 4.78 is 8.62. The topological polar surface area (TPSA) is 53.1 Å². The van der Waals surface area contributed by atoms with Gasteiger partial charge in [0.1, 0.15) is 0 Å². The number of rotatable bonds is 4. The maximum absolute atomic E-state index is 6.41. The highest BCUT2D eigenvalue weighted by Gasteiger charge is 2.45. The zero-order chi connectivity index (χ0) is 12.6. The summed E-state index contributed by atoms with van der Waals surface area (Å²) in [6.45, 7) is 4.21. The lowest BCUT2D eigenvalue weighted by atomic mass is 9.73. The first-order valence-corrected chi connectivity index (χ1v) is 6.85. The van der Waals surface area contributed by atoms with Gasteiger partial charge in [0.05, 0.1) is 28.0 Å². The van der Waals surface area contributed by atoms with Crippen LogP contribution in [0.15, 0.2) is 10.7 Å². The highest BCUT2D eigenvalue weighted by molar-refractivity contribution is 9.10. The number of halogens is 1. The summed E-state index contributed by atoms with van der Waals surface area (Å²) in [6, 6.07) is 0.178. The lowest BCUT2D eigenvalue weighted by Gasteiger charge is -2.45. The van der Waals surface area contributed by atoms with Gasteiger partial charge in [-0.1, -0.05) is 0 Å². The van der Waals surface area contributed by atoms with E-state index >= 15 is 0 Å². The molecule has 17 heavy (non-hydrogen) atoms. The third kappa shape index (κ3) is 2.04. The van der Waals surface area contributed by atoms with Crippen molar-refractivity contribution in [2.24, 2.45) is 5.73 Å². The summed E-state index contributed by atoms with van der Waals surface area (Å²) in [6.07, 6.45) is 5.06. The molecule has 1 fully saturated rings. The van der Waals surface area contributed by atoms with E-state index in [2.05, 4.69) is 34.9 Å². The molecule has 0 radical (unpaired) electrons. The molecule has 1 saturated carbocycles. The summed E-state index contributed by atoms with van der Waals surface area (Å²) in [5.74, 6) is 0. The first-order chi connectivity index (χ1) is 8.02. The summed E-state index contributed by atoms with van der Waals surface area (Å²) in [4.78, 5) is 0. The molecule has 5 heteroatoms. The van der Waals surface area contributed by atoms with Crippen LogP contribution in [0, 0.1) is 0 Å². The van der Waals surface area contributed by atoms with Crippen molar-refractivity contribution in [2.75, 3.05) is 7.11 Å². The molecule has 2 N–H and O–H groups in total. The van der Waals surface area contributed by atoms with Gasteiger partial charge in [0.15, 0.2) is 0 Å². The van der Waals surface area contributed by atoms with Crippen LogP contribution >= 0.6 is 15.9 Å². The van der Waals surface area contributed by atoms with Crippen LogP contribution in [-0.4, -0.2) is 22.5 Å². The summed E-state index contributed by atoms with van der Waals surface area (Å²) in [5.41, 5.74) is 7.26. The minimum atomic E-state index is -0.199. The van der Waals surface area contributed by atoms with Crippen LogP contribution in [0.3, 0.4) is 0 Å². The van der Waals surface area contributed by atoms with Crippen molar-refractivity contribution in [2.45, 2.75) is 50.8 Å². The molecule has 1 aromatic rings. The van der Waals surface area contributed by atoms with E-state index in [9.17, 15) is 0 Å². The zero-order valence-electron chi connectivity index (χ0n) is 10.6. The number of hydrogen-bond acceptors (Lipinski definition) is 3. The molecule has 0 aromatic carbocycles. The van der Waals surface area contributed by atoms with Gasteiger partial charge in [-0.15, -0.1) is 0 Å². The fourth-order valence-electron chi connectivity index (χ4n) is 2.47. The van der Waals surface area contributed by atoms with Crippen molar-refractivity contribution in [1.82, 2.24) is 9.78 Å². The number of nitrogens with zero attached hydrogens (tertiary/aromatic N) is 2. The highest BCUT2D eigenvalue weighted by Crippen LogP contribution is 2.45. The Kier molecular flexibility index (Phi) is 3.61. The standard InChI is InChI=1S/C12H20BrN3O/c1-8(2)16-10(9(13)7-15-16)11(14)12(17-3)5-4-6-12/h7-8,11H,4-6,14H2,1-3H3. The third-order valence-corrected chi connectivity index (χ3v) is 4.35. The second-order valence-electron chi connectivity index (χ2n) is 5.02. The second-order valence-corrected chi connectivity index (χ2v) is 5.87. The number of ether oxygens (including phenoxy) is 1. The molecular weight excluding hydrogens is 282 g/mol. The maximum atomic E-state index is 6.41. The molecule has 1 atom stereocenters. The van der Waals surface area contributed by atoms with E-state index in [-0.39, 0.29) is 11.6 Å². The van der Waals surface area contributed by atoms with Gasteiger partial charge in [0.25, 0.3) is 0 Å². The Bertz CT molecular complexity index is 393. The second kappa shape index (κ2) is 4.71. The van der Waals surface area contributed by atoms with Gasteiger partial charge in [-0.2, -0.15) is 5.10 Å². The average molecular weight is 302 g/mol. The molecule has 96 valence electrons. The van der Waals surface area contributed by atoms with E-state index in [1.807, 2.05) is 10.9 Å². The van der Waals surface area contributed by atoms with Gasteiger partial charge in [-0.25, -0.2) is 0 Å². The Hall–Kier alpha value is -0.390. The minimum absolute atomic E-state index is 0.125. The van der Waals surface area contributed by atoms with E-state index in [1.54, 1.807) is 7.11 Å². The van der Waals surface area contributed by atoms with Crippen molar-refractivity contribution in [3.63, 3.8) is 0 Å². The smallest absolute Gasteiger partial charge is 0.0886 e. The predicted octanol–water partition coefficient (Wildman–Crippen LogP) is 2.80. The van der Waals surface area contributed by atoms with Crippen molar-refractivity contribution < 1.29 is 4.74 Å². The molecule has 0 amide bonds. The van der Waals surface area contributed by atoms with Crippen LogP contribution < -0.4 is 5.73 Å². The van der Waals surface area contributed by atoms with Crippen LogP contribution in [0.1, 0.15) is 50.9 Å². The minimum Gasteiger partial charge on any atom is -0.376 e. The van der Waals surface area contributed by atoms with Gasteiger partial charge < -0.3 is 10.5 Å². The molecule has 1 unspecified atom stereocenters. The van der Waals surface area contributed by atoms with Crippen LogP contribution in [0.25, 0.3) is 0 Å². The van der Waals surface area contributed by atoms with Crippen LogP contribution in [0.2, 0.25) is 0 Å². The molecule has 1 aliphatic rings. The molecule has 0 bridgehead atoms. The van der Waals surface area contributed by atoms with Gasteiger partial charge in [0, 0.05) is 13.2 Å². The summed E-state index contributed by atoms with van der Waals surface area (Å²) in [7, 11) is 1.75. The fourth-order valence-corrected chi connectivity index (χ4v) is 2.99. The molecule has 1 aliphatic carbocycles. The van der Waals surface area contributed by atoms with Crippen LogP contribution in [-0.2, 0) is 4.74 Å². The molecule has 4 nitrogen and oxygen atoms in total. The van der Waals surface area contributed by atoms with Crippen molar-refractivity contribution in [3.8, 4) is 0 Å². The normalized spacial score (nSPS) is 20.4.